The zero-order valence-corrected chi connectivity index (χ0v) is 59.2. The van der Waals surface area contributed by atoms with Gasteiger partial charge in [-0.2, -0.15) is 0 Å². The normalized spacial score (nSPS) is 14.4. The standard InChI is InChI=1S/C87H84B3N5O/c1-48-32-51(4)82(52(5)33-48)93-70-46-67-63(88-61-28-22-24-30-69(61)92(60-26-20-19-21-27-60)73-39-57(85(10,11)12)38-68(91-67)79(73)88)44-64(70)90-66-45-65-71(47-72(66)94(83-53(6)34-49(2)35-54(83)7)75-41-58(86(13,14)15)40-74(93)80(75)90)95(84-55(8)36-50(3)37-56(84)9)76-42-59(87(16,17)18)43-78-81(76)89(65)62-29-23-25-31-77(62)96-78/h19-47,91H,1-18H3. The molecule has 0 saturated heterocycles. The van der Waals surface area contributed by atoms with Crippen molar-refractivity contribution in [3.63, 3.8) is 0 Å². The number of anilines is 14. The van der Waals surface area contributed by atoms with E-state index in [9.17, 15) is 0 Å². The molecule has 6 nitrogen and oxygen atoms in total. The first-order chi connectivity index (χ1) is 45.7. The van der Waals surface area contributed by atoms with Gasteiger partial charge in [-0.05, 0) is 251 Å². The Balaban J connectivity index is 1.04. The van der Waals surface area contributed by atoms with E-state index < -0.39 is 0 Å². The summed E-state index contributed by atoms with van der Waals surface area (Å²) in [4.78, 5) is 10.6. The van der Waals surface area contributed by atoms with Gasteiger partial charge in [-0.3, -0.25) is 0 Å². The lowest BCUT2D eigenvalue weighted by atomic mass is 9.29. The highest BCUT2D eigenvalue weighted by Gasteiger charge is 2.51. The quantitative estimate of drug-likeness (QED) is 0.177. The van der Waals surface area contributed by atoms with Gasteiger partial charge in [0.2, 0.25) is 0 Å². The van der Waals surface area contributed by atoms with Crippen LogP contribution in [0, 0.1) is 62.3 Å². The number of aryl methyl sites for hydroxylation is 9. The van der Waals surface area contributed by atoms with Gasteiger partial charge in [0.15, 0.2) is 0 Å². The molecule has 17 rings (SSSR count). The Kier molecular flexibility index (Phi) is 13.0. The molecule has 1 N–H and O–H groups in total. The zero-order chi connectivity index (χ0) is 66.8. The molecule has 0 spiro atoms. The lowest BCUT2D eigenvalue weighted by Gasteiger charge is -2.48. The van der Waals surface area contributed by atoms with E-state index in [2.05, 4.69) is 325 Å². The maximum absolute atomic E-state index is 7.28. The van der Waals surface area contributed by atoms with Gasteiger partial charge in [-0.25, -0.2) is 0 Å². The third-order valence-electron chi connectivity index (χ3n) is 22.0. The van der Waals surface area contributed by atoms with Crippen LogP contribution in [0.15, 0.2) is 176 Å². The van der Waals surface area contributed by atoms with E-state index in [4.69, 9.17) is 4.74 Å². The van der Waals surface area contributed by atoms with Gasteiger partial charge in [0, 0.05) is 62.6 Å². The second kappa shape index (κ2) is 20.7. The highest BCUT2D eigenvalue weighted by atomic mass is 16.5. The first-order valence-electron chi connectivity index (χ1n) is 34.7. The molecule has 0 radical (unpaired) electrons. The molecule has 0 aliphatic carbocycles. The molecular formula is C87H84B3N5O. The molecule has 0 saturated carbocycles. The van der Waals surface area contributed by atoms with Crippen molar-refractivity contribution in [1.82, 2.24) is 0 Å². The molecule has 0 amide bonds. The van der Waals surface area contributed by atoms with Gasteiger partial charge in [0.25, 0.3) is 20.1 Å². The molecule has 472 valence electrons. The average Bonchev–Trinajstić information content (AvgIpc) is 0.683. The predicted molar refractivity (Wildman–Crippen MR) is 414 cm³/mol. The van der Waals surface area contributed by atoms with Crippen LogP contribution < -0.4 is 78.8 Å². The van der Waals surface area contributed by atoms with Gasteiger partial charge >= 0.3 is 0 Å². The van der Waals surface area contributed by atoms with Crippen LogP contribution in [0.3, 0.4) is 0 Å². The molecule has 0 aromatic heterocycles. The molecule has 0 fully saturated rings. The molecule has 11 aromatic rings. The SMILES string of the molecule is Cc1cc(C)c(N2c3cc4c(cc3B3c5ccccc5Oc5cc(C(C)(C)C)cc2c53)B2c3cc5c(cc3N(c3c(C)cc(C)cc3C)c3cc(C(C)(C)C)cc(c32)N4c2c(C)cc(C)cc2C)Nc2cc(C(C)(C)C)cc3c2B5c2ccccc2N3c2ccccc2)c(C)c1. The van der Waals surface area contributed by atoms with E-state index in [1.807, 2.05) is 0 Å². The number of benzene rings is 11. The molecule has 6 heterocycles. The lowest BCUT2D eigenvalue weighted by Crippen LogP contribution is -2.66. The second-order valence-electron chi connectivity index (χ2n) is 32.1. The van der Waals surface area contributed by atoms with Gasteiger partial charge in [0.05, 0.1) is 17.1 Å². The van der Waals surface area contributed by atoms with E-state index in [0.29, 0.717) is 0 Å². The van der Waals surface area contributed by atoms with Crippen LogP contribution in [-0.4, -0.2) is 20.1 Å². The van der Waals surface area contributed by atoms with Crippen LogP contribution in [0.25, 0.3) is 0 Å². The van der Waals surface area contributed by atoms with Crippen molar-refractivity contribution in [3.8, 4) is 11.5 Å². The summed E-state index contributed by atoms with van der Waals surface area (Å²) in [6.07, 6.45) is 0. The van der Waals surface area contributed by atoms with Gasteiger partial charge < -0.3 is 29.7 Å². The van der Waals surface area contributed by atoms with Crippen molar-refractivity contribution in [1.29, 1.82) is 0 Å². The Hall–Kier alpha value is -9.59. The van der Waals surface area contributed by atoms with Crippen LogP contribution in [0.5, 0.6) is 11.5 Å². The van der Waals surface area contributed by atoms with E-state index in [1.54, 1.807) is 0 Å². The molecule has 9 heteroatoms. The minimum atomic E-state index is -0.227. The molecule has 6 aliphatic heterocycles. The van der Waals surface area contributed by atoms with E-state index in [-0.39, 0.29) is 36.4 Å². The number of nitrogens with zero attached hydrogens (tertiary/aromatic N) is 4. The number of hydrogen-bond acceptors (Lipinski definition) is 6. The number of nitrogens with one attached hydrogen (secondary N) is 1. The maximum Gasteiger partial charge on any atom is 0.256 e. The Morgan fingerprint density at radius 1 is 0.292 bits per heavy atom. The summed E-state index contributed by atoms with van der Waals surface area (Å²) >= 11 is 0. The van der Waals surface area contributed by atoms with Crippen molar-refractivity contribution in [3.05, 3.63) is 243 Å². The van der Waals surface area contributed by atoms with E-state index in [1.165, 1.54) is 178 Å². The molecule has 0 unspecified atom stereocenters. The second-order valence-corrected chi connectivity index (χ2v) is 32.1. The van der Waals surface area contributed by atoms with Crippen LogP contribution in [-0.2, 0) is 16.2 Å². The summed E-state index contributed by atoms with van der Waals surface area (Å²) < 4.78 is 7.28. The van der Waals surface area contributed by atoms with Crippen molar-refractivity contribution in [2.24, 2.45) is 0 Å². The third kappa shape index (κ3) is 8.80. The summed E-state index contributed by atoms with van der Waals surface area (Å²) in [5.74, 6) is 1.84. The van der Waals surface area contributed by atoms with Crippen molar-refractivity contribution in [2.45, 2.75) is 141 Å². The van der Waals surface area contributed by atoms with Crippen LogP contribution >= 0.6 is 0 Å². The number of para-hydroxylation sites is 3. The Bertz CT molecular complexity index is 5170. The number of fused-ring (bicyclic) bond motifs is 12. The number of rotatable bonds is 4. The third-order valence-corrected chi connectivity index (χ3v) is 22.0. The molecule has 11 aromatic carbocycles. The molecule has 0 atom stereocenters. The zero-order valence-electron chi connectivity index (χ0n) is 59.2. The first kappa shape index (κ1) is 60.1. The topological polar surface area (TPSA) is 34.2 Å². The lowest BCUT2D eigenvalue weighted by molar-refractivity contribution is 0.483. The minimum absolute atomic E-state index is 0.0793. The van der Waals surface area contributed by atoms with E-state index in [0.717, 1.165) is 28.6 Å². The number of hydrogen-bond donors (Lipinski definition) is 1. The summed E-state index contributed by atoms with van der Waals surface area (Å²) in [6.45, 7) is 41.5. The number of ether oxygens (including phenoxy) is 1. The van der Waals surface area contributed by atoms with Crippen molar-refractivity contribution < 1.29 is 4.74 Å². The highest BCUT2D eigenvalue weighted by molar-refractivity contribution is 7.04. The molecule has 96 heavy (non-hydrogen) atoms. The summed E-state index contributed by atoms with van der Waals surface area (Å²) in [5, 5.41) is 4.29. The molecular weight excluding hydrogens is 1160 g/mol. The summed E-state index contributed by atoms with van der Waals surface area (Å²) in [7, 11) is 0. The largest absolute Gasteiger partial charge is 0.458 e. The summed E-state index contributed by atoms with van der Waals surface area (Å²) in [5.41, 5.74) is 42.8. The minimum Gasteiger partial charge on any atom is -0.458 e. The Labute approximate surface area is 570 Å². The molecule has 6 aliphatic rings. The summed E-state index contributed by atoms with van der Waals surface area (Å²) in [6, 6.07) is 69.0. The van der Waals surface area contributed by atoms with E-state index >= 15 is 0 Å². The first-order valence-corrected chi connectivity index (χ1v) is 34.7. The maximum atomic E-state index is 7.28. The predicted octanol–water partition coefficient (Wildman–Crippen LogP) is 17.2. The van der Waals surface area contributed by atoms with Crippen molar-refractivity contribution in [2.75, 3.05) is 24.9 Å². The van der Waals surface area contributed by atoms with Crippen molar-refractivity contribution >= 4 is 149 Å². The monoisotopic (exact) mass is 1250 g/mol. The molecule has 0 bridgehead atoms. The smallest absolute Gasteiger partial charge is 0.256 e. The Morgan fingerprint density at radius 3 is 1.20 bits per heavy atom. The fourth-order valence-corrected chi connectivity index (χ4v) is 18.0. The highest BCUT2D eigenvalue weighted by Crippen LogP contribution is 2.53. The average molecular weight is 1250 g/mol. The van der Waals surface area contributed by atoms with Crippen LogP contribution in [0.4, 0.5) is 79.6 Å². The Morgan fingerprint density at radius 2 is 0.688 bits per heavy atom. The van der Waals surface area contributed by atoms with Gasteiger partial charge in [-0.15, -0.1) is 0 Å². The van der Waals surface area contributed by atoms with Gasteiger partial charge in [-0.1, -0.05) is 182 Å². The van der Waals surface area contributed by atoms with Crippen LogP contribution in [0.1, 0.15) is 129 Å². The fourth-order valence-electron chi connectivity index (χ4n) is 18.0. The van der Waals surface area contributed by atoms with Crippen LogP contribution in [0.2, 0.25) is 0 Å². The fraction of sp³-hybridized carbons (Fsp3) is 0.241. The van der Waals surface area contributed by atoms with Gasteiger partial charge in [0.1, 0.15) is 11.5 Å².